The van der Waals surface area contributed by atoms with Gasteiger partial charge < -0.3 is 9.47 Å². The average molecular weight is 279 g/mol. The Balaban J connectivity index is 2.04. The minimum atomic E-state index is 0.228. The lowest BCUT2D eigenvalue weighted by Gasteiger charge is -2.15. The first-order chi connectivity index (χ1) is 9.15. The molecule has 1 aliphatic rings. The fraction of sp³-hybridized carbons (Fsp3) is 0.500. The summed E-state index contributed by atoms with van der Waals surface area (Å²) in [6, 6.07) is 0. The first kappa shape index (κ1) is 12.3. The van der Waals surface area contributed by atoms with Crippen LogP contribution >= 0.6 is 11.6 Å². The van der Waals surface area contributed by atoms with Crippen LogP contribution in [0.3, 0.4) is 0 Å². The number of nitrogens with zero attached hydrogens (tertiary/aromatic N) is 6. The van der Waals surface area contributed by atoms with Gasteiger partial charge >= 0.3 is 0 Å². The van der Waals surface area contributed by atoms with E-state index in [1.54, 1.807) is 6.20 Å². The average Bonchev–Trinajstić information content (AvgIpc) is 3.01. The molecule has 100 valence electrons. The highest BCUT2D eigenvalue weighted by molar-refractivity contribution is 6.28. The quantitative estimate of drug-likeness (QED) is 0.839. The Morgan fingerprint density at radius 3 is 2.53 bits per heavy atom. The van der Waals surface area contributed by atoms with Gasteiger partial charge in [-0.15, -0.1) is 0 Å². The summed E-state index contributed by atoms with van der Waals surface area (Å²) in [6.07, 6.45) is 4.10. The number of aryl methyl sites for hydroxylation is 1. The van der Waals surface area contributed by atoms with Crippen molar-refractivity contribution in [2.75, 3.05) is 18.0 Å². The smallest absolute Gasteiger partial charge is 0.230 e. The standard InChI is InChI=1S/C12H15ClN6/c1-8-14-7-9(18(8)2)10-15-11(13)17-12(16-10)19-5-3-4-6-19/h7H,3-6H2,1-2H3. The van der Waals surface area contributed by atoms with E-state index in [1.165, 1.54) is 12.8 Å². The maximum atomic E-state index is 6.02. The molecule has 1 fully saturated rings. The molecule has 0 unspecified atom stereocenters. The summed E-state index contributed by atoms with van der Waals surface area (Å²) in [5, 5.41) is 0.228. The number of anilines is 1. The number of rotatable bonds is 2. The van der Waals surface area contributed by atoms with Gasteiger partial charge in [-0.05, 0) is 31.4 Å². The van der Waals surface area contributed by atoms with Crippen LogP contribution in [0.5, 0.6) is 0 Å². The molecule has 1 aliphatic heterocycles. The molecule has 0 radical (unpaired) electrons. The lowest BCUT2D eigenvalue weighted by molar-refractivity contribution is 0.843. The fourth-order valence-electron chi connectivity index (χ4n) is 2.22. The van der Waals surface area contributed by atoms with Crippen LogP contribution in [0.25, 0.3) is 11.5 Å². The second-order valence-electron chi connectivity index (χ2n) is 4.67. The summed E-state index contributed by atoms with van der Waals surface area (Å²) in [6.45, 7) is 3.89. The molecule has 7 heteroatoms. The predicted molar refractivity (Wildman–Crippen MR) is 73.2 cm³/mol. The summed E-state index contributed by atoms with van der Waals surface area (Å²) in [4.78, 5) is 19.3. The van der Waals surface area contributed by atoms with Crippen LogP contribution in [-0.2, 0) is 7.05 Å². The first-order valence-electron chi connectivity index (χ1n) is 6.30. The highest BCUT2D eigenvalue weighted by Crippen LogP contribution is 2.22. The van der Waals surface area contributed by atoms with E-state index in [9.17, 15) is 0 Å². The molecule has 6 nitrogen and oxygen atoms in total. The molecular formula is C12H15ClN6. The summed E-state index contributed by atoms with van der Waals surface area (Å²) in [5.41, 5.74) is 0.849. The van der Waals surface area contributed by atoms with Crippen LogP contribution in [0, 0.1) is 6.92 Å². The van der Waals surface area contributed by atoms with E-state index in [-0.39, 0.29) is 5.28 Å². The number of hydrogen-bond acceptors (Lipinski definition) is 5. The zero-order valence-electron chi connectivity index (χ0n) is 11.0. The van der Waals surface area contributed by atoms with E-state index in [0.717, 1.165) is 24.6 Å². The first-order valence-corrected chi connectivity index (χ1v) is 6.68. The largest absolute Gasteiger partial charge is 0.341 e. The van der Waals surface area contributed by atoms with Crippen LogP contribution in [0.2, 0.25) is 5.28 Å². The summed E-state index contributed by atoms with van der Waals surface area (Å²) in [7, 11) is 1.94. The maximum absolute atomic E-state index is 6.02. The Hall–Kier alpha value is -1.69. The van der Waals surface area contributed by atoms with Crippen LogP contribution in [0.4, 0.5) is 5.95 Å². The topological polar surface area (TPSA) is 59.7 Å². The third-order valence-electron chi connectivity index (χ3n) is 3.43. The highest BCUT2D eigenvalue weighted by atomic mass is 35.5. The monoisotopic (exact) mass is 278 g/mol. The van der Waals surface area contributed by atoms with Gasteiger partial charge in [0.25, 0.3) is 0 Å². The van der Waals surface area contributed by atoms with Crippen LogP contribution in [0.15, 0.2) is 6.20 Å². The minimum Gasteiger partial charge on any atom is -0.341 e. The molecule has 0 amide bonds. The van der Waals surface area contributed by atoms with Gasteiger partial charge in [-0.1, -0.05) is 0 Å². The lowest BCUT2D eigenvalue weighted by Crippen LogP contribution is -2.21. The minimum absolute atomic E-state index is 0.228. The van der Waals surface area contributed by atoms with Crippen LogP contribution < -0.4 is 4.90 Å². The van der Waals surface area contributed by atoms with Gasteiger partial charge in [0.1, 0.15) is 11.5 Å². The lowest BCUT2D eigenvalue weighted by atomic mass is 10.4. The molecule has 0 N–H and O–H groups in total. The van der Waals surface area contributed by atoms with Gasteiger partial charge in [-0.25, -0.2) is 4.98 Å². The van der Waals surface area contributed by atoms with Crippen LogP contribution in [0.1, 0.15) is 18.7 Å². The van der Waals surface area contributed by atoms with Crippen molar-refractivity contribution in [3.8, 4) is 11.5 Å². The van der Waals surface area contributed by atoms with Crippen molar-refractivity contribution in [1.29, 1.82) is 0 Å². The van der Waals surface area contributed by atoms with E-state index in [0.29, 0.717) is 11.8 Å². The number of aromatic nitrogens is 5. The van der Waals surface area contributed by atoms with Crippen molar-refractivity contribution in [2.45, 2.75) is 19.8 Å². The van der Waals surface area contributed by atoms with Crippen molar-refractivity contribution in [1.82, 2.24) is 24.5 Å². The van der Waals surface area contributed by atoms with Crippen molar-refractivity contribution in [3.05, 3.63) is 17.3 Å². The van der Waals surface area contributed by atoms with Crippen molar-refractivity contribution < 1.29 is 0 Å². The fourth-order valence-corrected chi connectivity index (χ4v) is 2.38. The predicted octanol–water partition coefficient (Wildman–Crippen LogP) is 1.83. The molecule has 3 heterocycles. The SMILES string of the molecule is Cc1ncc(-c2nc(Cl)nc(N3CCCC3)n2)n1C. The van der Waals surface area contributed by atoms with Crippen LogP contribution in [-0.4, -0.2) is 37.6 Å². The van der Waals surface area contributed by atoms with Gasteiger partial charge in [0.2, 0.25) is 11.2 Å². The molecule has 2 aromatic rings. The Bertz CT molecular complexity index is 602. The Kier molecular flexibility index (Phi) is 3.10. The second kappa shape index (κ2) is 4.77. The molecule has 0 aromatic carbocycles. The van der Waals surface area contributed by atoms with E-state index in [4.69, 9.17) is 11.6 Å². The molecule has 0 aliphatic carbocycles. The van der Waals surface area contributed by atoms with Gasteiger partial charge in [0, 0.05) is 20.1 Å². The molecule has 0 atom stereocenters. The summed E-state index contributed by atoms with van der Waals surface area (Å²) < 4.78 is 1.94. The van der Waals surface area contributed by atoms with E-state index in [1.807, 2.05) is 18.5 Å². The zero-order chi connectivity index (χ0) is 13.4. The zero-order valence-corrected chi connectivity index (χ0v) is 11.7. The molecule has 0 saturated carbocycles. The molecular weight excluding hydrogens is 264 g/mol. The van der Waals surface area contributed by atoms with Crippen molar-refractivity contribution in [3.63, 3.8) is 0 Å². The van der Waals surface area contributed by atoms with E-state index in [2.05, 4.69) is 24.8 Å². The number of imidazole rings is 1. The Morgan fingerprint density at radius 2 is 1.89 bits per heavy atom. The van der Waals surface area contributed by atoms with Gasteiger partial charge in [-0.2, -0.15) is 15.0 Å². The molecule has 2 aromatic heterocycles. The summed E-state index contributed by atoms with van der Waals surface area (Å²) >= 11 is 6.02. The Labute approximate surface area is 116 Å². The molecule has 19 heavy (non-hydrogen) atoms. The van der Waals surface area contributed by atoms with Gasteiger partial charge in [-0.3, -0.25) is 0 Å². The number of halogens is 1. The molecule has 0 bridgehead atoms. The van der Waals surface area contributed by atoms with Crippen molar-refractivity contribution >= 4 is 17.5 Å². The van der Waals surface area contributed by atoms with E-state index < -0.39 is 0 Å². The third-order valence-corrected chi connectivity index (χ3v) is 3.60. The number of hydrogen-bond donors (Lipinski definition) is 0. The third kappa shape index (κ3) is 2.28. The summed E-state index contributed by atoms with van der Waals surface area (Å²) in [5.74, 6) is 2.14. The second-order valence-corrected chi connectivity index (χ2v) is 5.01. The van der Waals surface area contributed by atoms with Crippen molar-refractivity contribution in [2.24, 2.45) is 7.05 Å². The van der Waals surface area contributed by atoms with Gasteiger partial charge in [0.05, 0.1) is 6.20 Å². The Morgan fingerprint density at radius 1 is 1.16 bits per heavy atom. The molecule has 0 spiro atoms. The van der Waals surface area contributed by atoms with E-state index >= 15 is 0 Å². The van der Waals surface area contributed by atoms with Gasteiger partial charge in [0.15, 0.2) is 5.82 Å². The normalized spacial score (nSPS) is 15.2. The highest BCUT2D eigenvalue weighted by Gasteiger charge is 2.18. The molecule has 1 saturated heterocycles. The maximum Gasteiger partial charge on any atom is 0.230 e. The molecule has 3 rings (SSSR count).